The molecular weight excluding hydrogens is 160 g/mol. The van der Waals surface area contributed by atoms with Gasteiger partial charge in [0, 0.05) is 13.0 Å². The fraction of sp³-hybridized carbons (Fsp3) is 0.714. The lowest BCUT2D eigenvalue weighted by molar-refractivity contribution is -0.125. The van der Waals surface area contributed by atoms with E-state index in [0.717, 1.165) is 37.8 Å². The molecule has 4 heteroatoms. The maximum atomic E-state index is 11.2. The molecule has 1 fully saturated rings. The van der Waals surface area contributed by atoms with Crippen LogP contribution in [0.4, 0.5) is 0 Å². The average Bonchev–Trinajstić information content (AvgIpc) is 2.18. The Morgan fingerprint density at radius 2 is 2.27 bits per heavy atom. The monoisotopic (exact) mass is 170 g/mol. The molecule has 0 atom stereocenters. The molecule has 1 rings (SSSR count). The molecule has 1 aliphatic rings. The summed E-state index contributed by atoms with van der Waals surface area (Å²) in [6.45, 7) is 0.733. The summed E-state index contributed by atoms with van der Waals surface area (Å²) in [5.41, 5.74) is 0. The molecule has 0 radical (unpaired) electrons. The van der Waals surface area contributed by atoms with Crippen LogP contribution in [-0.4, -0.2) is 16.8 Å². The molecule has 0 aliphatic carbocycles. The van der Waals surface area contributed by atoms with Crippen LogP contribution in [0.3, 0.4) is 0 Å². The lowest BCUT2D eigenvalue weighted by atomic mass is 10.2. The molecule has 1 aliphatic heterocycles. The molecule has 0 aromatic rings. The molecule has 0 bridgehead atoms. The number of rotatable bonds is 1. The molecule has 3 nitrogen and oxygen atoms in total. The third-order valence-electron chi connectivity index (χ3n) is 1.68. The number of carbonyl (C=O) groups excluding carboxylic acids is 1. The van der Waals surface area contributed by atoms with Gasteiger partial charge in [0.2, 0.25) is 5.91 Å². The second-order valence-electron chi connectivity index (χ2n) is 2.49. The SMILES string of the molecule is N#CSN1CCCCCC1=O. The van der Waals surface area contributed by atoms with E-state index in [1.165, 1.54) is 0 Å². The summed E-state index contributed by atoms with van der Waals surface area (Å²) in [6.07, 6.45) is 3.71. The topological polar surface area (TPSA) is 44.1 Å². The summed E-state index contributed by atoms with van der Waals surface area (Å²) >= 11 is 0.963. The van der Waals surface area contributed by atoms with Crippen LogP contribution >= 0.6 is 11.9 Å². The van der Waals surface area contributed by atoms with Crippen molar-refractivity contribution in [3.05, 3.63) is 0 Å². The van der Waals surface area contributed by atoms with Gasteiger partial charge in [-0.15, -0.1) is 0 Å². The first-order valence-corrected chi connectivity index (χ1v) is 4.48. The lowest BCUT2D eigenvalue weighted by Crippen LogP contribution is -2.22. The minimum Gasteiger partial charge on any atom is -0.274 e. The van der Waals surface area contributed by atoms with Crippen molar-refractivity contribution in [3.63, 3.8) is 0 Å². The van der Waals surface area contributed by atoms with Gasteiger partial charge in [-0.3, -0.25) is 9.10 Å². The second-order valence-corrected chi connectivity index (χ2v) is 3.30. The van der Waals surface area contributed by atoms with Crippen LogP contribution in [0.25, 0.3) is 0 Å². The van der Waals surface area contributed by atoms with Crippen LogP contribution in [0.1, 0.15) is 25.7 Å². The Kier molecular flexibility index (Phi) is 3.24. The van der Waals surface area contributed by atoms with Crippen molar-refractivity contribution >= 4 is 17.9 Å². The quantitative estimate of drug-likeness (QED) is 0.442. The van der Waals surface area contributed by atoms with Crippen LogP contribution in [0.5, 0.6) is 0 Å². The molecule has 0 aromatic carbocycles. The Morgan fingerprint density at radius 3 is 3.00 bits per heavy atom. The van der Waals surface area contributed by atoms with Gasteiger partial charge in [-0.25, -0.2) is 0 Å². The number of hydrogen-bond donors (Lipinski definition) is 0. The van der Waals surface area contributed by atoms with Crippen molar-refractivity contribution < 1.29 is 4.79 Å². The van der Waals surface area contributed by atoms with Crippen molar-refractivity contribution in [2.75, 3.05) is 6.54 Å². The predicted molar refractivity (Wildman–Crippen MR) is 43.4 cm³/mol. The van der Waals surface area contributed by atoms with E-state index in [-0.39, 0.29) is 5.91 Å². The molecule has 0 saturated carbocycles. The van der Waals surface area contributed by atoms with Crippen LogP contribution in [0.15, 0.2) is 0 Å². The highest BCUT2D eigenvalue weighted by Gasteiger charge is 2.16. The highest BCUT2D eigenvalue weighted by molar-refractivity contribution is 8.02. The molecular formula is C7H10N2OS. The third-order valence-corrected chi connectivity index (χ3v) is 2.37. The van der Waals surface area contributed by atoms with Crippen molar-refractivity contribution in [1.29, 1.82) is 5.26 Å². The van der Waals surface area contributed by atoms with E-state index in [2.05, 4.69) is 0 Å². The zero-order valence-corrected chi connectivity index (χ0v) is 7.06. The van der Waals surface area contributed by atoms with Crippen LogP contribution < -0.4 is 0 Å². The minimum absolute atomic E-state index is 0.106. The molecule has 1 saturated heterocycles. The number of nitrogens with zero attached hydrogens (tertiary/aromatic N) is 2. The van der Waals surface area contributed by atoms with Crippen molar-refractivity contribution in [2.45, 2.75) is 25.7 Å². The fourth-order valence-electron chi connectivity index (χ4n) is 1.10. The lowest BCUT2D eigenvalue weighted by Gasteiger charge is -2.13. The van der Waals surface area contributed by atoms with Gasteiger partial charge >= 0.3 is 0 Å². The van der Waals surface area contributed by atoms with Gasteiger partial charge in [-0.1, -0.05) is 6.42 Å². The van der Waals surface area contributed by atoms with E-state index in [1.54, 1.807) is 4.31 Å². The summed E-state index contributed by atoms with van der Waals surface area (Å²) in [4.78, 5) is 11.2. The van der Waals surface area contributed by atoms with Crippen molar-refractivity contribution in [2.24, 2.45) is 0 Å². The Labute approximate surface area is 70.5 Å². The number of carbonyl (C=O) groups is 1. The first kappa shape index (κ1) is 8.41. The summed E-state index contributed by atoms with van der Waals surface area (Å²) in [7, 11) is 0. The van der Waals surface area contributed by atoms with E-state index in [4.69, 9.17) is 5.26 Å². The normalized spacial score (nSPS) is 19.2. The average molecular weight is 170 g/mol. The van der Waals surface area contributed by atoms with Crippen LogP contribution in [0, 0.1) is 10.7 Å². The largest absolute Gasteiger partial charge is 0.274 e. The smallest absolute Gasteiger partial charge is 0.233 e. The predicted octanol–water partition coefficient (Wildman–Crippen LogP) is 1.52. The van der Waals surface area contributed by atoms with Gasteiger partial charge in [0.25, 0.3) is 0 Å². The first-order valence-electron chi connectivity index (χ1n) is 3.71. The number of hydrogen-bond acceptors (Lipinski definition) is 3. The maximum absolute atomic E-state index is 11.2. The molecule has 0 unspecified atom stereocenters. The van der Waals surface area contributed by atoms with E-state index in [0.29, 0.717) is 6.42 Å². The Morgan fingerprint density at radius 1 is 1.45 bits per heavy atom. The van der Waals surface area contributed by atoms with Crippen molar-refractivity contribution in [1.82, 2.24) is 4.31 Å². The molecule has 1 heterocycles. The summed E-state index contributed by atoms with van der Waals surface area (Å²) in [5, 5.41) is 10.3. The minimum atomic E-state index is 0.106. The number of amides is 1. The molecule has 1 amide bonds. The van der Waals surface area contributed by atoms with Gasteiger partial charge in [-0.05, 0) is 12.8 Å². The molecule has 0 aromatic heterocycles. The third kappa shape index (κ3) is 2.43. The van der Waals surface area contributed by atoms with E-state index >= 15 is 0 Å². The fourth-order valence-corrected chi connectivity index (χ4v) is 1.62. The Balaban J connectivity index is 2.47. The maximum Gasteiger partial charge on any atom is 0.233 e. The van der Waals surface area contributed by atoms with E-state index < -0.39 is 0 Å². The van der Waals surface area contributed by atoms with E-state index in [9.17, 15) is 4.79 Å². The standard InChI is InChI=1S/C7H10N2OS/c8-6-11-9-5-3-1-2-4-7(9)10/h1-5H2. The second kappa shape index (κ2) is 4.24. The first-order chi connectivity index (χ1) is 5.34. The summed E-state index contributed by atoms with van der Waals surface area (Å²) < 4.78 is 1.56. The summed E-state index contributed by atoms with van der Waals surface area (Å²) in [6, 6.07) is 0. The molecule has 60 valence electrons. The highest BCUT2D eigenvalue weighted by atomic mass is 32.2. The van der Waals surface area contributed by atoms with Gasteiger partial charge < -0.3 is 0 Å². The van der Waals surface area contributed by atoms with E-state index in [1.807, 2.05) is 5.40 Å². The number of thiocyanates is 1. The highest BCUT2D eigenvalue weighted by Crippen LogP contribution is 2.17. The van der Waals surface area contributed by atoms with Crippen LogP contribution in [0.2, 0.25) is 0 Å². The summed E-state index contributed by atoms with van der Waals surface area (Å²) in [5.74, 6) is 0.106. The molecule has 0 spiro atoms. The van der Waals surface area contributed by atoms with Gasteiger partial charge in [-0.2, -0.15) is 5.26 Å². The van der Waals surface area contributed by atoms with Gasteiger partial charge in [0.1, 0.15) is 0 Å². The van der Waals surface area contributed by atoms with Crippen molar-refractivity contribution in [3.8, 4) is 5.40 Å². The Bertz CT molecular complexity index is 187. The zero-order chi connectivity index (χ0) is 8.10. The number of nitriles is 1. The van der Waals surface area contributed by atoms with Gasteiger partial charge in [0.15, 0.2) is 5.40 Å². The molecule has 11 heavy (non-hydrogen) atoms. The van der Waals surface area contributed by atoms with Gasteiger partial charge in [0.05, 0.1) is 11.9 Å². The zero-order valence-electron chi connectivity index (χ0n) is 6.25. The molecule has 0 N–H and O–H groups in total. The van der Waals surface area contributed by atoms with Crippen LogP contribution in [-0.2, 0) is 4.79 Å². The Hall–Kier alpha value is -0.690.